The zero-order valence-corrected chi connectivity index (χ0v) is 16.8. The first-order chi connectivity index (χ1) is 14.2. The minimum atomic E-state index is -0.235. The molecule has 2 N–H and O–H groups in total. The first-order valence-electron chi connectivity index (χ1n) is 8.78. The number of amides is 2. The van der Waals surface area contributed by atoms with Crippen LogP contribution in [0.5, 0.6) is 0 Å². The summed E-state index contributed by atoms with van der Waals surface area (Å²) in [5, 5.41) is 9.91. The van der Waals surface area contributed by atoms with Gasteiger partial charge in [0.1, 0.15) is 5.69 Å². The number of hydrogen-bond acceptors (Lipinski definition) is 6. The van der Waals surface area contributed by atoms with Crippen molar-refractivity contribution in [2.45, 2.75) is 6.54 Å². The predicted octanol–water partition coefficient (Wildman–Crippen LogP) is 4.45. The molecule has 4 aromatic rings. The molecule has 1 aromatic carbocycles. The van der Waals surface area contributed by atoms with Crippen LogP contribution in [0.15, 0.2) is 71.6 Å². The van der Waals surface area contributed by atoms with Gasteiger partial charge in [-0.1, -0.05) is 24.3 Å². The van der Waals surface area contributed by atoms with E-state index in [9.17, 15) is 9.59 Å². The maximum absolute atomic E-state index is 12.5. The highest BCUT2D eigenvalue weighted by Gasteiger charge is 2.11. The van der Waals surface area contributed by atoms with Crippen molar-refractivity contribution >= 4 is 39.6 Å². The summed E-state index contributed by atoms with van der Waals surface area (Å²) < 4.78 is 0. The normalized spacial score (nSPS) is 10.5. The summed E-state index contributed by atoms with van der Waals surface area (Å²) in [6.45, 7) is 0.401. The number of nitrogens with one attached hydrogen (secondary N) is 2. The second-order valence-corrected chi connectivity index (χ2v) is 7.87. The van der Waals surface area contributed by atoms with E-state index in [1.807, 2.05) is 47.2 Å². The van der Waals surface area contributed by atoms with Crippen molar-refractivity contribution in [1.82, 2.24) is 15.3 Å². The van der Waals surface area contributed by atoms with Crippen LogP contribution in [0, 0.1) is 0 Å². The summed E-state index contributed by atoms with van der Waals surface area (Å²) >= 11 is 2.75. The summed E-state index contributed by atoms with van der Waals surface area (Å²) in [6, 6.07) is 16.3. The molecule has 0 aliphatic carbocycles. The van der Waals surface area contributed by atoms with Crippen LogP contribution in [0.3, 0.4) is 0 Å². The number of thiazole rings is 1. The van der Waals surface area contributed by atoms with Crippen LogP contribution >= 0.6 is 22.7 Å². The predicted molar refractivity (Wildman–Crippen MR) is 115 cm³/mol. The second-order valence-electron chi connectivity index (χ2n) is 6.06. The van der Waals surface area contributed by atoms with Gasteiger partial charge in [-0.3, -0.25) is 19.9 Å². The Morgan fingerprint density at radius 2 is 1.76 bits per heavy atom. The average molecular weight is 421 g/mol. The van der Waals surface area contributed by atoms with Gasteiger partial charge >= 0.3 is 0 Å². The number of rotatable bonds is 6. The Kier molecular flexibility index (Phi) is 5.73. The maximum Gasteiger partial charge on any atom is 0.261 e. The van der Waals surface area contributed by atoms with Gasteiger partial charge in [0.25, 0.3) is 11.8 Å². The molecular formula is C21H16N4O2S2. The highest BCUT2D eigenvalue weighted by atomic mass is 32.1. The van der Waals surface area contributed by atoms with Crippen molar-refractivity contribution in [2.24, 2.45) is 0 Å². The monoisotopic (exact) mass is 420 g/mol. The molecule has 3 heterocycles. The molecule has 4 rings (SSSR count). The van der Waals surface area contributed by atoms with Crippen LogP contribution < -0.4 is 10.6 Å². The van der Waals surface area contributed by atoms with E-state index >= 15 is 0 Å². The van der Waals surface area contributed by atoms with Gasteiger partial charge in [0, 0.05) is 23.7 Å². The molecular weight excluding hydrogens is 404 g/mol. The van der Waals surface area contributed by atoms with E-state index in [2.05, 4.69) is 20.6 Å². The largest absolute Gasteiger partial charge is 0.347 e. The standard InChI is InChI=1S/C21H16N4O2S2/c26-19(25-21-24-17(13-29-21)16-4-1-2-10-22-16)15-8-6-14(7-9-15)12-23-20(27)18-5-3-11-28-18/h1-11,13H,12H2,(H,23,27)(H,24,25,26). The van der Waals surface area contributed by atoms with Crippen LogP contribution in [0.1, 0.15) is 25.6 Å². The number of carbonyl (C=O) groups is 2. The first-order valence-corrected chi connectivity index (χ1v) is 10.5. The van der Waals surface area contributed by atoms with Crippen molar-refractivity contribution in [3.05, 3.63) is 87.6 Å². The molecule has 144 valence electrons. The molecule has 0 unspecified atom stereocenters. The molecule has 3 aromatic heterocycles. The Balaban J connectivity index is 1.35. The minimum Gasteiger partial charge on any atom is -0.347 e. The molecule has 8 heteroatoms. The van der Waals surface area contributed by atoms with Crippen molar-refractivity contribution < 1.29 is 9.59 Å². The Morgan fingerprint density at radius 1 is 0.897 bits per heavy atom. The lowest BCUT2D eigenvalue weighted by Gasteiger charge is -2.06. The summed E-state index contributed by atoms with van der Waals surface area (Å²) in [4.78, 5) is 33.8. The van der Waals surface area contributed by atoms with Gasteiger partial charge in [-0.25, -0.2) is 4.98 Å². The lowest BCUT2D eigenvalue weighted by atomic mass is 10.1. The fourth-order valence-electron chi connectivity index (χ4n) is 2.58. The van der Waals surface area contributed by atoms with Crippen LogP contribution in [0.25, 0.3) is 11.4 Å². The SMILES string of the molecule is O=C(Nc1nc(-c2ccccn2)cs1)c1ccc(CNC(=O)c2cccs2)cc1. The average Bonchev–Trinajstić information content (AvgIpc) is 3.45. The fraction of sp³-hybridized carbons (Fsp3) is 0.0476. The van der Waals surface area contributed by atoms with Crippen molar-refractivity contribution in [3.8, 4) is 11.4 Å². The third-order valence-electron chi connectivity index (χ3n) is 4.07. The smallest absolute Gasteiger partial charge is 0.261 e. The number of thiophene rings is 1. The number of carbonyl (C=O) groups excluding carboxylic acids is 2. The zero-order valence-electron chi connectivity index (χ0n) is 15.2. The highest BCUT2D eigenvalue weighted by molar-refractivity contribution is 7.14. The molecule has 0 saturated carbocycles. The Labute approximate surface area is 175 Å². The fourth-order valence-corrected chi connectivity index (χ4v) is 3.92. The summed E-state index contributed by atoms with van der Waals surface area (Å²) in [5.41, 5.74) is 2.92. The number of pyridine rings is 1. The number of hydrogen-bond donors (Lipinski definition) is 2. The van der Waals surface area contributed by atoms with Crippen LogP contribution in [-0.4, -0.2) is 21.8 Å². The van der Waals surface area contributed by atoms with Gasteiger partial charge in [-0.2, -0.15) is 0 Å². The Morgan fingerprint density at radius 3 is 2.48 bits per heavy atom. The topological polar surface area (TPSA) is 84.0 Å². The third-order valence-corrected chi connectivity index (χ3v) is 5.69. The first kappa shape index (κ1) is 19.0. The van der Waals surface area contributed by atoms with Crippen molar-refractivity contribution in [2.75, 3.05) is 5.32 Å². The van der Waals surface area contributed by atoms with E-state index in [4.69, 9.17) is 0 Å². The van der Waals surface area contributed by atoms with Gasteiger partial charge in [-0.05, 0) is 41.3 Å². The van der Waals surface area contributed by atoms with E-state index in [1.165, 1.54) is 22.7 Å². The molecule has 0 spiro atoms. The number of anilines is 1. The molecule has 0 fully saturated rings. The quantitative estimate of drug-likeness (QED) is 0.483. The van der Waals surface area contributed by atoms with Gasteiger partial charge in [-0.15, -0.1) is 22.7 Å². The molecule has 0 aliphatic heterocycles. The van der Waals surface area contributed by atoms with E-state index in [0.717, 1.165) is 17.0 Å². The van der Waals surface area contributed by atoms with Crippen LogP contribution in [0.2, 0.25) is 0 Å². The van der Waals surface area contributed by atoms with Gasteiger partial charge in [0.15, 0.2) is 5.13 Å². The van der Waals surface area contributed by atoms with Gasteiger partial charge in [0.2, 0.25) is 0 Å². The Bertz CT molecular complexity index is 1110. The number of aromatic nitrogens is 2. The third kappa shape index (κ3) is 4.74. The summed E-state index contributed by atoms with van der Waals surface area (Å²) in [7, 11) is 0. The maximum atomic E-state index is 12.5. The van der Waals surface area contributed by atoms with Crippen molar-refractivity contribution in [1.29, 1.82) is 0 Å². The van der Waals surface area contributed by atoms with E-state index in [1.54, 1.807) is 24.4 Å². The van der Waals surface area contributed by atoms with Gasteiger partial charge in [0.05, 0.1) is 10.6 Å². The molecule has 29 heavy (non-hydrogen) atoms. The molecule has 6 nitrogen and oxygen atoms in total. The highest BCUT2D eigenvalue weighted by Crippen LogP contribution is 2.23. The van der Waals surface area contributed by atoms with E-state index < -0.39 is 0 Å². The van der Waals surface area contributed by atoms with E-state index in [0.29, 0.717) is 22.1 Å². The van der Waals surface area contributed by atoms with Gasteiger partial charge < -0.3 is 5.32 Å². The molecule has 0 saturated heterocycles. The minimum absolute atomic E-state index is 0.103. The second kappa shape index (κ2) is 8.76. The molecule has 0 bridgehead atoms. The summed E-state index contributed by atoms with van der Waals surface area (Å²) in [5.74, 6) is -0.338. The number of benzene rings is 1. The Hall–Kier alpha value is -3.36. The van der Waals surface area contributed by atoms with E-state index in [-0.39, 0.29) is 11.8 Å². The molecule has 0 atom stereocenters. The van der Waals surface area contributed by atoms with Crippen LogP contribution in [-0.2, 0) is 6.54 Å². The molecule has 0 radical (unpaired) electrons. The molecule has 2 amide bonds. The lowest BCUT2D eigenvalue weighted by molar-refractivity contribution is 0.0953. The van der Waals surface area contributed by atoms with Crippen molar-refractivity contribution in [3.63, 3.8) is 0 Å². The van der Waals surface area contributed by atoms with Crippen LogP contribution in [0.4, 0.5) is 5.13 Å². The summed E-state index contributed by atoms with van der Waals surface area (Å²) in [6.07, 6.45) is 1.71. The lowest BCUT2D eigenvalue weighted by Crippen LogP contribution is -2.21. The zero-order chi connectivity index (χ0) is 20.1. The molecule has 0 aliphatic rings. The number of nitrogens with zero attached hydrogens (tertiary/aromatic N) is 2.